The highest BCUT2D eigenvalue weighted by Gasteiger charge is 2.28. The molecule has 0 radical (unpaired) electrons. The fraction of sp³-hybridized carbons (Fsp3) is 0.367. The van der Waals surface area contributed by atoms with Crippen LogP contribution in [0, 0.1) is 0 Å². The molecule has 0 heterocycles. The molecule has 4 rings (SSSR count). The zero-order valence-corrected chi connectivity index (χ0v) is 20.7. The molecular weight excluding hydrogens is 434 g/mol. The highest BCUT2D eigenvalue weighted by atomic mass is 16.5. The van der Waals surface area contributed by atoms with E-state index in [0.29, 0.717) is 32.2 Å². The van der Waals surface area contributed by atoms with Gasteiger partial charge in [0.15, 0.2) is 0 Å². The second-order valence-corrected chi connectivity index (χ2v) is 9.46. The van der Waals surface area contributed by atoms with Crippen LogP contribution in [0.4, 0.5) is 0 Å². The van der Waals surface area contributed by atoms with Crippen LogP contribution in [-0.4, -0.2) is 29.9 Å². The van der Waals surface area contributed by atoms with Gasteiger partial charge in [-0.05, 0) is 53.6 Å². The molecule has 1 saturated carbocycles. The van der Waals surface area contributed by atoms with E-state index in [9.17, 15) is 4.79 Å². The zero-order valence-electron chi connectivity index (χ0n) is 20.7. The first kappa shape index (κ1) is 25.0. The van der Waals surface area contributed by atoms with Crippen LogP contribution in [0.1, 0.15) is 47.9 Å². The Bertz CT molecular complexity index is 1050. The fourth-order valence-corrected chi connectivity index (χ4v) is 4.70. The van der Waals surface area contributed by atoms with E-state index < -0.39 is 0 Å². The number of rotatable bonds is 11. The summed E-state index contributed by atoms with van der Waals surface area (Å²) in [5, 5.41) is 3.54. The Morgan fingerprint density at radius 3 is 2.20 bits per heavy atom. The Balaban J connectivity index is 1.38. The van der Waals surface area contributed by atoms with Crippen LogP contribution in [0.3, 0.4) is 0 Å². The lowest BCUT2D eigenvalue weighted by Gasteiger charge is -2.29. The Labute approximate surface area is 209 Å². The molecule has 1 aliphatic carbocycles. The van der Waals surface area contributed by atoms with E-state index >= 15 is 0 Å². The molecule has 0 saturated heterocycles. The maximum atomic E-state index is 13.5. The second-order valence-electron chi connectivity index (χ2n) is 9.46. The molecule has 1 atom stereocenters. The van der Waals surface area contributed by atoms with Crippen molar-refractivity contribution >= 4 is 5.91 Å². The molecule has 0 bridgehead atoms. The van der Waals surface area contributed by atoms with Crippen molar-refractivity contribution in [1.82, 2.24) is 10.2 Å². The molecule has 5 nitrogen and oxygen atoms in total. The standard InChI is InChI=1S/C30H37N3O2/c1-33(27-9-5-6-10-27)30(34)29(19-23-11-13-24(20-31)14-12-23)32-21-25-15-17-28(18-16-25)35-22-26-7-3-2-4-8-26/h2-4,7-8,11-18,27,29,32H,5-6,9-10,19-22,31H2,1H3/t29-/m0/s1. The largest absolute Gasteiger partial charge is 0.489 e. The van der Waals surface area contributed by atoms with E-state index in [1.807, 2.05) is 54.4 Å². The molecule has 1 amide bonds. The summed E-state index contributed by atoms with van der Waals surface area (Å²) in [7, 11) is 1.96. The highest BCUT2D eigenvalue weighted by Crippen LogP contribution is 2.23. The molecule has 0 aromatic heterocycles. The normalized spacial score (nSPS) is 14.6. The van der Waals surface area contributed by atoms with Crippen molar-refractivity contribution in [2.24, 2.45) is 5.73 Å². The lowest BCUT2D eigenvalue weighted by molar-refractivity contribution is -0.134. The van der Waals surface area contributed by atoms with Gasteiger partial charge in [-0.3, -0.25) is 4.79 Å². The number of carbonyl (C=O) groups is 1. The number of benzene rings is 3. The molecule has 1 aliphatic rings. The lowest BCUT2D eigenvalue weighted by atomic mass is 10.0. The SMILES string of the molecule is CN(C(=O)[C@H](Cc1ccc(CN)cc1)NCc1ccc(OCc2ccccc2)cc1)C1CCCC1. The van der Waals surface area contributed by atoms with E-state index in [2.05, 4.69) is 41.7 Å². The minimum atomic E-state index is -0.279. The zero-order chi connectivity index (χ0) is 24.5. The van der Waals surface area contributed by atoms with Gasteiger partial charge in [0.2, 0.25) is 5.91 Å². The summed E-state index contributed by atoms with van der Waals surface area (Å²) in [4.78, 5) is 15.4. The first-order valence-corrected chi connectivity index (χ1v) is 12.7. The Morgan fingerprint density at radius 1 is 0.914 bits per heavy atom. The van der Waals surface area contributed by atoms with Crippen molar-refractivity contribution in [2.45, 2.75) is 63.9 Å². The van der Waals surface area contributed by atoms with Crippen LogP contribution in [0.15, 0.2) is 78.9 Å². The van der Waals surface area contributed by atoms with Gasteiger partial charge in [0, 0.05) is 26.2 Å². The van der Waals surface area contributed by atoms with Gasteiger partial charge in [0.25, 0.3) is 0 Å². The van der Waals surface area contributed by atoms with Crippen LogP contribution < -0.4 is 15.8 Å². The first-order valence-electron chi connectivity index (χ1n) is 12.7. The number of hydrogen-bond donors (Lipinski definition) is 2. The topological polar surface area (TPSA) is 67.6 Å². The van der Waals surface area contributed by atoms with Crippen molar-refractivity contribution in [1.29, 1.82) is 0 Å². The second kappa shape index (κ2) is 12.5. The molecule has 3 N–H and O–H groups in total. The molecule has 1 fully saturated rings. The van der Waals surface area contributed by atoms with Crippen LogP contribution in [0.5, 0.6) is 5.75 Å². The monoisotopic (exact) mass is 471 g/mol. The summed E-state index contributed by atoms with van der Waals surface area (Å²) >= 11 is 0. The number of nitrogens with two attached hydrogens (primary N) is 1. The Hall–Kier alpha value is -3.15. The summed E-state index contributed by atoms with van der Waals surface area (Å²) < 4.78 is 5.91. The molecule has 3 aromatic carbocycles. The molecule has 0 unspecified atom stereocenters. The van der Waals surface area contributed by atoms with E-state index in [1.165, 1.54) is 12.8 Å². The summed E-state index contributed by atoms with van der Waals surface area (Å²) in [6.45, 7) is 1.69. The minimum Gasteiger partial charge on any atom is -0.489 e. The van der Waals surface area contributed by atoms with Gasteiger partial charge in [0.05, 0.1) is 6.04 Å². The molecular formula is C30H37N3O2. The van der Waals surface area contributed by atoms with E-state index in [0.717, 1.165) is 40.8 Å². The number of amides is 1. The fourth-order valence-electron chi connectivity index (χ4n) is 4.70. The average Bonchev–Trinajstić information content (AvgIpc) is 3.46. The van der Waals surface area contributed by atoms with Crippen molar-refractivity contribution in [2.75, 3.05) is 7.05 Å². The summed E-state index contributed by atoms with van der Waals surface area (Å²) in [6, 6.07) is 26.6. The molecule has 184 valence electrons. The van der Waals surface area contributed by atoms with Crippen molar-refractivity contribution in [3.05, 3.63) is 101 Å². The van der Waals surface area contributed by atoms with Crippen molar-refractivity contribution in [3.8, 4) is 5.75 Å². The highest BCUT2D eigenvalue weighted by molar-refractivity contribution is 5.82. The van der Waals surface area contributed by atoms with E-state index in [-0.39, 0.29) is 11.9 Å². The number of nitrogens with zero attached hydrogens (tertiary/aromatic N) is 1. The molecule has 0 aliphatic heterocycles. The maximum Gasteiger partial charge on any atom is 0.240 e. The summed E-state index contributed by atoms with van der Waals surface area (Å²) in [6.07, 6.45) is 5.27. The first-order chi connectivity index (χ1) is 17.1. The summed E-state index contributed by atoms with van der Waals surface area (Å²) in [5.74, 6) is 1.01. The van der Waals surface area contributed by atoms with Gasteiger partial charge in [-0.15, -0.1) is 0 Å². The summed E-state index contributed by atoms with van der Waals surface area (Å²) in [5.41, 5.74) is 10.3. The predicted molar refractivity (Wildman–Crippen MR) is 141 cm³/mol. The van der Waals surface area contributed by atoms with Crippen molar-refractivity contribution in [3.63, 3.8) is 0 Å². The van der Waals surface area contributed by atoms with Crippen LogP contribution in [0.2, 0.25) is 0 Å². The third-order valence-corrected chi connectivity index (χ3v) is 6.94. The van der Waals surface area contributed by atoms with Crippen LogP contribution >= 0.6 is 0 Å². The van der Waals surface area contributed by atoms with E-state index in [4.69, 9.17) is 10.5 Å². The quantitative estimate of drug-likeness (QED) is 0.421. The van der Waals surface area contributed by atoms with Crippen LogP contribution in [-0.2, 0) is 30.9 Å². The smallest absolute Gasteiger partial charge is 0.240 e. The number of nitrogens with one attached hydrogen (secondary N) is 1. The van der Waals surface area contributed by atoms with Gasteiger partial charge in [0.1, 0.15) is 12.4 Å². The lowest BCUT2D eigenvalue weighted by Crippen LogP contribution is -2.49. The van der Waals surface area contributed by atoms with Gasteiger partial charge < -0.3 is 20.7 Å². The number of likely N-dealkylation sites (N-methyl/N-ethyl adjacent to an activating group) is 1. The maximum absolute atomic E-state index is 13.5. The molecule has 0 spiro atoms. The molecule has 5 heteroatoms. The predicted octanol–water partition coefficient (Wildman–Crippen LogP) is 4.83. The van der Waals surface area contributed by atoms with Gasteiger partial charge in [-0.25, -0.2) is 0 Å². The van der Waals surface area contributed by atoms with Gasteiger partial charge in [-0.1, -0.05) is 79.6 Å². The average molecular weight is 472 g/mol. The van der Waals surface area contributed by atoms with E-state index in [1.54, 1.807) is 0 Å². The molecule has 3 aromatic rings. The minimum absolute atomic E-state index is 0.169. The van der Waals surface area contributed by atoms with Crippen molar-refractivity contribution < 1.29 is 9.53 Å². The Morgan fingerprint density at radius 2 is 1.54 bits per heavy atom. The third-order valence-electron chi connectivity index (χ3n) is 6.94. The number of ether oxygens (including phenoxy) is 1. The van der Waals surface area contributed by atoms with Gasteiger partial charge in [-0.2, -0.15) is 0 Å². The number of hydrogen-bond acceptors (Lipinski definition) is 4. The number of carbonyl (C=O) groups excluding carboxylic acids is 1. The Kier molecular flexibility index (Phi) is 8.93. The van der Waals surface area contributed by atoms with Crippen LogP contribution in [0.25, 0.3) is 0 Å². The van der Waals surface area contributed by atoms with Gasteiger partial charge >= 0.3 is 0 Å². The third kappa shape index (κ3) is 7.17. The molecule has 35 heavy (non-hydrogen) atoms.